The van der Waals surface area contributed by atoms with Crippen LogP contribution in [0.5, 0.6) is 0 Å². The summed E-state index contributed by atoms with van der Waals surface area (Å²) in [5.74, 6) is 0.128. The maximum absolute atomic E-state index is 11.3. The van der Waals surface area contributed by atoms with E-state index < -0.39 is 0 Å². The quantitative estimate of drug-likeness (QED) is 0.783. The van der Waals surface area contributed by atoms with Crippen molar-refractivity contribution >= 4 is 5.91 Å². The molecule has 1 saturated heterocycles. The van der Waals surface area contributed by atoms with Crippen LogP contribution in [0.4, 0.5) is 0 Å². The molecule has 1 amide bonds. The molecule has 1 unspecified atom stereocenters. The van der Waals surface area contributed by atoms with E-state index in [1.807, 2.05) is 4.90 Å². The number of aryl methyl sites for hydroxylation is 1. The van der Waals surface area contributed by atoms with Crippen molar-refractivity contribution in [2.75, 3.05) is 19.7 Å². The Morgan fingerprint density at radius 2 is 2.12 bits per heavy atom. The Hall–Kier alpha value is -1.35. The fraction of sp³-hybridized carbons (Fsp3) is 0.500. The summed E-state index contributed by atoms with van der Waals surface area (Å²) in [6.07, 6.45) is 1.07. The molecule has 92 valence electrons. The summed E-state index contributed by atoms with van der Waals surface area (Å²) in [6, 6.07) is 8.47. The molecule has 3 nitrogen and oxygen atoms in total. The van der Waals surface area contributed by atoms with Crippen molar-refractivity contribution in [3.8, 4) is 0 Å². The zero-order chi connectivity index (χ0) is 12.3. The first kappa shape index (κ1) is 12.1. The molecule has 0 aliphatic carbocycles. The lowest BCUT2D eigenvalue weighted by molar-refractivity contribution is -0.136. The minimum Gasteiger partial charge on any atom is -0.370 e. The van der Waals surface area contributed by atoms with Crippen LogP contribution in [0.25, 0.3) is 0 Å². The van der Waals surface area contributed by atoms with Gasteiger partial charge in [-0.15, -0.1) is 0 Å². The molecular weight excluding hydrogens is 214 g/mol. The van der Waals surface area contributed by atoms with E-state index in [2.05, 4.69) is 31.2 Å². The molecule has 0 radical (unpaired) electrons. The normalized spacial score (nSPS) is 20.4. The number of carbonyl (C=O) groups is 1. The molecule has 1 aromatic rings. The molecule has 0 spiro atoms. The van der Waals surface area contributed by atoms with Crippen LogP contribution in [-0.4, -0.2) is 30.5 Å². The third kappa shape index (κ3) is 2.86. The van der Waals surface area contributed by atoms with Crippen LogP contribution >= 0.6 is 0 Å². The molecule has 1 atom stereocenters. The molecular formula is C14H19NO2. The van der Waals surface area contributed by atoms with Gasteiger partial charge in [0.15, 0.2) is 0 Å². The van der Waals surface area contributed by atoms with Crippen LogP contribution in [-0.2, 0) is 16.0 Å². The highest BCUT2D eigenvalue weighted by Gasteiger charge is 2.23. The number of nitrogens with zero attached hydrogens (tertiary/aromatic N) is 1. The van der Waals surface area contributed by atoms with E-state index >= 15 is 0 Å². The summed E-state index contributed by atoms with van der Waals surface area (Å²) in [4.78, 5) is 13.2. The van der Waals surface area contributed by atoms with Crippen molar-refractivity contribution in [2.45, 2.75) is 26.4 Å². The molecule has 3 heteroatoms. The van der Waals surface area contributed by atoms with Crippen LogP contribution in [0.2, 0.25) is 0 Å². The predicted octanol–water partition coefficient (Wildman–Crippen LogP) is 2.17. The Morgan fingerprint density at radius 3 is 2.71 bits per heavy atom. The highest BCUT2D eigenvalue weighted by atomic mass is 16.5. The van der Waals surface area contributed by atoms with Gasteiger partial charge in [0.1, 0.15) is 6.10 Å². The van der Waals surface area contributed by atoms with Gasteiger partial charge in [-0.05, 0) is 17.5 Å². The molecule has 0 saturated carbocycles. The van der Waals surface area contributed by atoms with Gasteiger partial charge in [-0.1, -0.05) is 31.2 Å². The first-order chi connectivity index (χ1) is 8.20. The molecule has 17 heavy (non-hydrogen) atoms. The number of hydrogen-bond donors (Lipinski definition) is 0. The van der Waals surface area contributed by atoms with Crippen LogP contribution < -0.4 is 0 Å². The zero-order valence-corrected chi connectivity index (χ0v) is 10.5. The summed E-state index contributed by atoms with van der Waals surface area (Å²) < 4.78 is 5.72. The number of rotatable bonds is 2. The monoisotopic (exact) mass is 233 g/mol. The van der Waals surface area contributed by atoms with Crippen molar-refractivity contribution in [3.63, 3.8) is 0 Å². The molecule has 2 rings (SSSR count). The number of hydrogen-bond acceptors (Lipinski definition) is 2. The Morgan fingerprint density at radius 1 is 1.41 bits per heavy atom. The summed E-state index contributed by atoms with van der Waals surface area (Å²) >= 11 is 0. The first-order valence-corrected chi connectivity index (χ1v) is 6.16. The predicted molar refractivity (Wildman–Crippen MR) is 66.8 cm³/mol. The molecule has 1 aromatic carbocycles. The minimum atomic E-state index is 0.0264. The van der Waals surface area contributed by atoms with E-state index in [0.29, 0.717) is 19.7 Å². The highest BCUT2D eigenvalue weighted by Crippen LogP contribution is 2.22. The lowest BCUT2D eigenvalue weighted by Gasteiger charge is -2.32. The van der Waals surface area contributed by atoms with E-state index in [0.717, 1.165) is 12.0 Å². The van der Waals surface area contributed by atoms with Gasteiger partial charge in [-0.2, -0.15) is 0 Å². The number of morpholine rings is 1. The van der Waals surface area contributed by atoms with Gasteiger partial charge in [-0.25, -0.2) is 0 Å². The maximum Gasteiger partial charge on any atom is 0.219 e. The minimum absolute atomic E-state index is 0.0264. The Bertz CT molecular complexity index is 386. The molecule has 1 fully saturated rings. The summed E-state index contributed by atoms with van der Waals surface area (Å²) in [5, 5.41) is 0. The van der Waals surface area contributed by atoms with Crippen LogP contribution in [0.1, 0.15) is 31.1 Å². The van der Waals surface area contributed by atoms with Crippen molar-refractivity contribution in [1.82, 2.24) is 4.90 Å². The Balaban J connectivity index is 2.08. The second-order valence-electron chi connectivity index (χ2n) is 4.42. The van der Waals surface area contributed by atoms with Crippen molar-refractivity contribution in [3.05, 3.63) is 35.4 Å². The topological polar surface area (TPSA) is 29.5 Å². The summed E-state index contributed by atoms with van der Waals surface area (Å²) in [7, 11) is 0. The smallest absolute Gasteiger partial charge is 0.219 e. The largest absolute Gasteiger partial charge is 0.370 e. The maximum atomic E-state index is 11.3. The van der Waals surface area contributed by atoms with Gasteiger partial charge < -0.3 is 9.64 Å². The average molecular weight is 233 g/mol. The molecule has 0 aromatic heterocycles. The standard InChI is InChI=1S/C14H19NO2/c1-3-12-4-6-13(7-5-12)14-10-15(11(2)16)8-9-17-14/h4-7,14H,3,8-10H2,1-2H3. The van der Waals surface area contributed by atoms with Crippen LogP contribution in [0.15, 0.2) is 24.3 Å². The van der Waals surface area contributed by atoms with E-state index in [-0.39, 0.29) is 12.0 Å². The Kier molecular flexibility index (Phi) is 3.79. The molecule has 1 aliphatic heterocycles. The van der Waals surface area contributed by atoms with Gasteiger partial charge in [0.2, 0.25) is 5.91 Å². The van der Waals surface area contributed by atoms with E-state index in [9.17, 15) is 4.79 Å². The zero-order valence-electron chi connectivity index (χ0n) is 10.5. The fourth-order valence-electron chi connectivity index (χ4n) is 2.10. The highest BCUT2D eigenvalue weighted by molar-refractivity contribution is 5.73. The first-order valence-electron chi connectivity index (χ1n) is 6.16. The van der Waals surface area contributed by atoms with E-state index in [4.69, 9.17) is 4.74 Å². The SMILES string of the molecule is CCc1ccc(C2CN(C(C)=O)CCO2)cc1. The van der Waals surface area contributed by atoms with Gasteiger partial charge in [-0.3, -0.25) is 4.79 Å². The average Bonchev–Trinajstić information content (AvgIpc) is 2.39. The molecule has 1 heterocycles. The van der Waals surface area contributed by atoms with Gasteiger partial charge >= 0.3 is 0 Å². The van der Waals surface area contributed by atoms with E-state index in [1.165, 1.54) is 5.56 Å². The molecule has 0 bridgehead atoms. The lowest BCUT2D eigenvalue weighted by atomic mass is 10.0. The Labute approximate surface area is 102 Å². The van der Waals surface area contributed by atoms with E-state index in [1.54, 1.807) is 6.92 Å². The van der Waals surface area contributed by atoms with Crippen molar-refractivity contribution in [2.24, 2.45) is 0 Å². The second-order valence-corrected chi connectivity index (χ2v) is 4.42. The van der Waals surface area contributed by atoms with Gasteiger partial charge in [0.25, 0.3) is 0 Å². The summed E-state index contributed by atoms with van der Waals surface area (Å²) in [6.45, 7) is 5.76. The van der Waals surface area contributed by atoms with Crippen LogP contribution in [0.3, 0.4) is 0 Å². The van der Waals surface area contributed by atoms with Gasteiger partial charge in [0.05, 0.1) is 13.2 Å². The number of benzene rings is 1. The number of ether oxygens (including phenoxy) is 1. The third-order valence-corrected chi connectivity index (χ3v) is 3.27. The number of amides is 1. The van der Waals surface area contributed by atoms with Crippen LogP contribution in [0, 0.1) is 0 Å². The van der Waals surface area contributed by atoms with Gasteiger partial charge in [0, 0.05) is 13.5 Å². The molecule has 1 aliphatic rings. The number of carbonyl (C=O) groups excluding carboxylic acids is 1. The fourth-order valence-corrected chi connectivity index (χ4v) is 2.10. The molecule has 0 N–H and O–H groups in total. The third-order valence-electron chi connectivity index (χ3n) is 3.27. The van der Waals surface area contributed by atoms with Crippen molar-refractivity contribution < 1.29 is 9.53 Å². The lowest BCUT2D eigenvalue weighted by Crippen LogP contribution is -2.41. The van der Waals surface area contributed by atoms with Crippen molar-refractivity contribution in [1.29, 1.82) is 0 Å². The summed E-state index contributed by atoms with van der Waals surface area (Å²) in [5.41, 5.74) is 2.49. The second kappa shape index (κ2) is 5.32.